The molecule has 1 saturated carbocycles. The maximum absolute atomic E-state index is 12.1. The van der Waals surface area contributed by atoms with Crippen molar-refractivity contribution in [1.82, 2.24) is 15.5 Å². The molecule has 1 aromatic carbocycles. The van der Waals surface area contributed by atoms with E-state index in [2.05, 4.69) is 22.5 Å². The van der Waals surface area contributed by atoms with Gasteiger partial charge in [0.1, 0.15) is 6.29 Å². The van der Waals surface area contributed by atoms with Gasteiger partial charge in [0.05, 0.1) is 6.04 Å². The number of nitrogens with zero attached hydrogens (tertiary/aromatic N) is 1. The first-order chi connectivity index (χ1) is 15.0. The Morgan fingerprint density at radius 3 is 2.71 bits per heavy atom. The Balaban J connectivity index is 1.60. The molecule has 1 heterocycles. The Morgan fingerprint density at radius 1 is 1.23 bits per heavy atom. The van der Waals surface area contributed by atoms with Gasteiger partial charge in [0.2, 0.25) is 11.8 Å². The fourth-order valence-electron chi connectivity index (χ4n) is 4.14. The molecular weight excluding hydrogens is 394 g/mol. The lowest BCUT2D eigenvalue weighted by Gasteiger charge is -2.30. The van der Waals surface area contributed by atoms with Crippen molar-refractivity contribution in [3.05, 3.63) is 34.9 Å². The summed E-state index contributed by atoms with van der Waals surface area (Å²) < 4.78 is 0. The van der Waals surface area contributed by atoms with E-state index in [4.69, 9.17) is 0 Å². The van der Waals surface area contributed by atoms with Gasteiger partial charge in [0.25, 0.3) is 5.91 Å². The van der Waals surface area contributed by atoms with Crippen molar-refractivity contribution in [3.63, 3.8) is 0 Å². The lowest BCUT2D eigenvalue weighted by atomic mass is 9.90. The second-order valence-corrected chi connectivity index (χ2v) is 8.32. The first-order valence-electron chi connectivity index (χ1n) is 10.9. The number of piperidine rings is 1. The van der Waals surface area contributed by atoms with Crippen molar-refractivity contribution in [3.8, 4) is 11.8 Å². The van der Waals surface area contributed by atoms with Gasteiger partial charge in [-0.25, -0.2) is 0 Å². The predicted molar refractivity (Wildman–Crippen MR) is 116 cm³/mol. The number of rotatable bonds is 6. The Bertz CT molecular complexity index is 909. The van der Waals surface area contributed by atoms with Crippen LogP contribution in [0.1, 0.15) is 66.4 Å². The summed E-state index contributed by atoms with van der Waals surface area (Å²) in [6, 6.07) is 4.96. The van der Waals surface area contributed by atoms with E-state index in [9.17, 15) is 19.2 Å². The highest BCUT2D eigenvalue weighted by Crippen LogP contribution is 2.22. The fourth-order valence-corrected chi connectivity index (χ4v) is 4.14. The molecular formula is C24H29N3O4. The molecule has 7 heteroatoms. The summed E-state index contributed by atoms with van der Waals surface area (Å²) >= 11 is 0. The zero-order valence-corrected chi connectivity index (χ0v) is 17.9. The van der Waals surface area contributed by atoms with Crippen LogP contribution in [0.15, 0.2) is 18.2 Å². The van der Waals surface area contributed by atoms with Crippen LogP contribution in [0.5, 0.6) is 0 Å². The van der Waals surface area contributed by atoms with E-state index in [0.717, 1.165) is 30.3 Å². The van der Waals surface area contributed by atoms with Crippen molar-refractivity contribution in [1.29, 1.82) is 0 Å². The third-order valence-corrected chi connectivity index (χ3v) is 5.94. The van der Waals surface area contributed by atoms with E-state index in [1.165, 1.54) is 19.3 Å². The van der Waals surface area contributed by atoms with Crippen LogP contribution in [0, 0.1) is 17.8 Å². The maximum Gasteiger partial charge on any atom is 0.296 e. The van der Waals surface area contributed by atoms with Gasteiger partial charge in [0.15, 0.2) is 0 Å². The third-order valence-electron chi connectivity index (χ3n) is 5.94. The Hall–Kier alpha value is -2.98. The molecule has 0 aromatic heterocycles. The maximum atomic E-state index is 12.1. The molecule has 0 bridgehead atoms. The molecule has 2 aliphatic rings. The van der Waals surface area contributed by atoms with Crippen LogP contribution in [0.2, 0.25) is 0 Å². The molecule has 1 atom stereocenters. The van der Waals surface area contributed by atoms with Crippen molar-refractivity contribution in [2.24, 2.45) is 5.92 Å². The summed E-state index contributed by atoms with van der Waals surface area (Å²) in [5, 5.41) is 5.17. The summed E-state index contributed by atoms with van der Waals surface area (Å²) in [5.41, 5.74) is 2.15. The first kappa shape index (κ1) is 22.7. The lowest BCUT2D eigenvalue weighted by molar-refractivity contribution is -0.137. The largest absolute Gasteiger partial charge is 0.341 e. The third kappa shape index (κ3) is 6.50. The van der Waals surface area contributed by atoms with Crippen LogP contribution < -0.4 is 10.6 Å². The van der Waals surface area contributed by atoms with E-state index in [-0.39, 0.29) is 17.7 Å². The highest BCUT2D eigenvalue weighted by molar-refractivity contribution is 6.00. The molecule has 1 aromatic rings. The van der Waals surface area contributed by atoms with Crippen LogP contribution >= 0.6 is 0 Å². The quantitative estimate of drug-likeness (QED) is 0.414. The second kappa shape index (κ2) is 10.9. The van der Waals surface area contributed by atoms with E-state index < -0.39 is 6.04 Å². The summed E-state index contributed by atoms with van der Waals surface area (Å²) in [6.07, 6.45) is 7.28. The fraction of sp³-hybridized carbons (Fsp3) is 0.500. The average Bonchev–Trinajstić information content (AvgIpc) is 2.77. The highest BCUT2D eigenvalue weighted by Gasteiger charge is 2.30. The Morgan fingerprint density at radius 2 is 2.00 bits per heavy atom. The number of amides is 3. The second-order valence-electron chi connectivity index (χ2n) is 8.32. The molecule has 164 valence electrons. The number of carbonyl (C=O) groups is 4. The molecule has 1 aliphatic heterocycles. The minimum absolute atomic E-state index is 0.257. The lowest BCUT2D eigenvalue weighted by Crippen LogP contribution is -2.51. The van der Waals surface area contributed by atoms with Gasteiger partial charge in [-0.1, -0.05) is 43.4 Å². The van der Waals surface area contributed by atoms with Crippen LogP contribution in [-0.2, 0) is 27.5 Å². The van der Waals surface area contributed by atoms with E-state index in [0.29, 0.717) is 37.4 Å². The minimum atomic E-state index is -0.421. The number of hydrogen-bond acceptors (Lipinski definition) is 5. The Labute approximate surface area is 182 Å². The van der Waals surface area contributed by atoms with E-state index in [1.54, 1.807) is 19.2 Å². The number of likely N-dealkylation sites (N-methyl/N-ethyl adjacent to an activating group) is 1. The number of nitrogens with one attached hydrogen (secondary N) is 2. The van der Waals surface area contributed by atoms with E-state index in [1.807, 2.05) is 11.0 Å². The number of benzene rings is 1. The predicted octanol–water partition coefficient (Wildman–Crippen LogP) is 1.94. The van der Waals surface area contributed by atoms with Crippen LogP contribution in [-0.4, -0.2) is 42.0 Å². The van der Waals surface area contributed by atoms with Gasteiger partial charge in [-0.2, -0.15) is 0 Å². The van der Waals surface area contributed by atoms with Gasteiger partial charge in [0, 0.05) is 31.0 Å². The van der Waals surface area contributed by atoms with Crippen molar-refractivity contribution >= 4 is 24.0 Å². The van der Waals surface area contributed by atoms with Crippen molar-refractivity contribution in [2.75, 3.05) is 7.05 Å². The molecule has 3 rings (SSSR count). The van der Waals surface area contributed by atoms with Crippen LogP contribution in [0.4, 0.5) is 0 Å². The molecule has 3 amide bonds. The van der Waals surface area contributed by atoms with Crippen LogP contribution in [0.3, 0.4) is 0 Å². The number of hydrogen-bond donors (Lipinski definition) is 2. The molecule has 2 fully saturated rings. The summed E-state index contributed by atoms with van der Waals surface area (Å²) in [6.45, 7) is 0.691. The molecule has 0 radical (unpaired) electrons. The zero-order valence-electron chi connectivity index (χ0n) is 17.9. The van der Waals surface area contributed by atoms with E-state index >= 15 is 0 Å². The van der Waals surface area contributed by atoms with Gasteiger partial charge in [-0.05, 0) is 43.4 Å². The van der Waals surface area contributed by atoms with Gasteiger partial charge in [-0.3, -0.25) is 29.4 Å². The van der Waals surface area contributed by atoms with Crippen molar-refractivity contribution in [2.45, 2.75) is 64.1 Å². The van der Waals surface area contributed by atoms with Gasteiger partial charge in [-0.15, -0.1) is 0 Å². The number of imide groups is 1. The van der Waals surface area contributed by atoms with Gasteiger partial charge >= 0.3 is 0 Å². The van der Waals surface area contributed by atoms with Crippen LogP contribution in [0.25, 0.3) is 0 Å². The summed E-state index contributed by atoms with van der Waals surface area (Å²) in [7, 11) is 1.80. The van der Waals surface area contributed by atoms with Gasteiger partial charge < -0.3 is 5.32 Å². The molecule has 1 unspecified atom stereocenters. The summed E-state index contributed by atoms with van der Waals surface area (Å²) in [4.78, 5) is 48.9. The molecule has 1 aliphatic carbocycles. The topological polar surface area (TPSA) is 95.6 Å². The molecule has 2 N–H and O–H groups in total. The van der Waals surface area contributed by atoms with Crippen molar-refractivity contribution < 1.29 is 19.2 Å². The molecule has 7 nitrogen and oxygen atoms in total. The summed E-state index contributed by atoms with van der Waals surface area (Å²) in [5.74, 6) is 5.24. The first-order valence-corrected chi connectivity index (χ1v) is 10.9. The Kier molecular flexibility index (Phi) is 7.96. The highest BCUT2D eigenvalue weighted by atomic mass is 16.2. The normalized spacial score (nSPS) is 19.4. The molecule has 31 heavy (non-hydrogen) atoms. The molecule has 0 spiro atoms. The number of aldehydes is 1. The number of carbonyl (C=O) groups excluding carboxylic acids is 4. The zero-order chi connectivity index (χ0) is 22.2. The molecule has 1 saturated heterocycles. The monoisotopic (exact) mass is 423 g/mol. The smallest absolute Gasteiger partial charge is 0.296 e. The average molecular weight is 424 g/mol. The standard InChI is InChI=1S/C24H29N3O4/c1-27(21-10-12-23(30)26-24(21)31)15-20-13-18(7-9-19(20)16-28)14-25-22(29)11-8-17-5-3-2-4-6-17/h7,9,13,16-17,21H,2-6,10,12,14-15H2,1H3,(H,25,29)(H,26,30,31). The minimum Gasteiger partial charge on any atom is -0.341 e. The SMILES string of the molecule is CN(Cc1cc(CNC(=O)C#CC2CCCCC2)ccc1C=O)C1CCC(=O)NC1=O.